The van der Waals surface area contributed by atoms with Crippen molar-refractivity contribution in [1.82, 2.24) is 9.80 Å². The number of urea groups is 1. The van der Waals surface area contributed by atoms with E-state index in [4.69, 9.17) is 0 Å². The minimum Gasteiger partial charge on any atom is -0.393 e. The number of aliphatic hydroxyl groups excluding tert-OH is 1. The molecule has 1 saturated heterocycles. The van der Waals surface area contributed by atoms with Crippen LogP contribution in [-0.4, -0.2) is 46.7 Å². The number of nitrogens with zero attached hydrogens (tertiary/aromatic N) is 2. The summed E-state index contributed by atoms with van der Waals surface area (Å²) in [5.41, 5.74) is -2.63. The second kappa shape index (κ2) is 10.0. The molecule has 2 aliphatic rings. The van der Waals surface area contributed by atoms with E-state index in [2.05, 4.69) is 0 Å². The smallest absolute Gasteiger partial charge is 0.393 e. The van der Waals surface area contributed by atoms with Gasteiger partial charge in [0.25, 0.3) is 0 Å². The zero-order valence-electron chi connectivity index (χ0n) is 19.0. The second-order valence-electron chi connectivity index (χ2n) is 8.87. The van der Waals surface area contributed by atoms with Crippen LogP contribution in [0.4, 0.5) is 35.5 Å². The number of carbonyl (C=O) groups is 1. The molecule has 0 bridgehead atoms. The van der Waals surface area contributed by atoms with E-state index in [0.29, 0.717) is 17.7 Å². The molecule has 1 aliphatic carbocycles. The number of halogens is 7. The molecule has 11 heteroatoms. The van der Waals surface area contributed by atoms with Gasteiger partial charge in [-0.15, -0.1) is 0 Å². The van der Waals surface area contributed by atoms with E-state index < -0.39 is 59.9 Å². The van der Waals surface area contributed by atoms with E-state index in [1.165, 1.54) is 24.1 Å². The van der Waals surface area contributed by atoms with Crippen LogP contribution in [0.1, 0.15) is 36.5 Å². The number of piperidine rings is 1. The first-order chi connectivity index (χ1) is 16.1. The molecule has 1 aliphatic heterocycles. The van der Waals surface area contributed by atoms with E-state index in [-0.39, 0.29) is 31.0 Å². The summed E-state index contributed by atoms with van der Waals surface area (Å²) in [5, 5.41) is 10.2. The van der Waals surface area contributed by atoms with Crippen LogP contribution in [0, 0.1) is 5.92 Å². The number of alkyl halides is 6. The van der Waals surface area contributed by atoms with Crippen molar-refractivity contribution in [2.75, 3.05) is 13.6 Å². The maximum absolute atomic E-state index is 13.8. The molecule has 2 amide bonds. The van der Waals surface area contributed by atoms with E-state index in [0.717, 1.165) is 4.90 Å². The fourth-order valence-corrected chi connectivity index (χ4v) is 4.37. The van der Waals surface area contributed by atoms with Gasteiger partial charge in [-0.1, -0.05) is 17.7 Å². The Bertz CT molecular complexity index is 1010. The molecule has 1 N–H and O–H groups in total. The first-order valence-electron chi connectivity index (χ1n) is 10.9. The number of amides is 2. The van der Waals surface area contributed by atoms with Crippen LogP contribution in [0.15, 0.2) is 53.9 Å². The molecule has 1 heterocycles. The Morgan fingerprint density at radius 2 is 1.71 bits per heavy atom. The van der Waals surface area contributed by atoms with Gasteiger partial charge in [-0.2, -0.15) is 26.3 Å². The largest absolute Gasteiger partial charge is 0.416 e. The van der Waals surface area contributed by atoms with Gasteiger partial charge in [0.15, 0.2) is 0 Å². The van der Waals surface area contributed by atoms with E-state index in [1.54, 1.807) is 19.1 Å². The van der Waals surface area contributed by atoms with Gasteiger partial charge in [-0.3, -0.25) is 0 Å². The number of likely N-dealkylation sites (tertiary alicyclic amines) is 1. The molecule has 35 heavy (non-hydrogen) atoms. The average Bonchev–Trinajstić information content (AvgIpc) is 2.91. The third-order valence-electron chi connectivity index (χ3n) is 6.00. The lowest BCUT2D eigenvalue weighted by atomic mass is 9.87. The van der Waals surface area contributed by atoms with E-state index in [1.807, 2.05) is 0 Å². The van der Waals surface area contributed by atoms with Crippen molar-refractivity contribution in [2.24, 2.45) is 5.92 Å². The molecule has 192 valence electrons. The Morgan fingerprint density at radius 3 is 2.29 bits per heavy atom. The number of hydrogen-bond donors (Lipinski definition) is 1. The highest BCUT2D eigenvalue weighted by atomic mass is 19.4. The zero-order valence-corrected chi connectivity index (χ0v) is 19.0. The Kier molecular flexibility index (Phi) is 7.68. The second-order valence-corrected chi connectivity index (χ2v) is 8.87. The van der Waals surface area contributed by atoms with Crippen LogP contribution in [0.3, 0.4) is 0 Å². The molecular formula is C24H25F7N2O2. The fraction of sp³-hybridized carbons (Fsp3) is 0.458. The topological polar surface area (TPSA) is 43.8 Å². The first-order valence-corrected chi connectivity index (χ1v) is 10.9. The molecule has 1 fully saturated rings. The molecule has 1 aromatic carbocycles. The van der Waals surface area contributed by atoms with Crippen LogP contribution >= 0.6 is 0 Å². The van der Waals surface area contributed by atoms with Gasteiger partial charge in [0, 0.05) is 32.1 Å². The van der Waals surface area contributed by atoms with Crippen LogP contribution in [0.25, 0.3) is 0 Å². The van der Waals surface area contributed by atoms with Gasteiger partial charge in [-0.05, 0) is 55.7 Å². The predicted molar refractivity (Wildman–Crippen MR) is 115 cm³/mol. The van der Waals surface area contributed by atoms with Gasteiger partial charge in [0.1, 0.15) is 5.83 Å². The summed E-state index contributed by atoms with van der Waals surface area (Å²) >= 11 is 0. The minimum absolute atomic E-state index is 0.0353. The summed E-state index contributed by atoms with van der Waals surface area (Å²) in [4.78, 5) is 15.7. The SMILES string of the molecule is CC1=CC([C@H]2C[C@@H](O)CCN2C(=O)N(C)Cc2cc(C(F)(F)F)cc(C(F)(F)F)c2)C=CC(F)=C1. The van der Waals surface area contributed by atoms with Crippen molar-refractivity contribution in [2.45, 2.75) is 50.8 Å². The fourth-order valence-electron chi connectivity index (χ4n) is 4.37. The molecule has 0 radical (unpaired) electrons. The Morgan fingerprint density at radius 1 is 1.11 bits per heavy atom. The molecule has 0 saturated carbocycles. The van der Waals surface area contributed by atoms with Crippen molar-refractivity contribution in [3.05, 3.63) is 70.6 Å². The molecule has 1 unspecified atom stereocenters. The Hall–Kier alpha value is -2.82. The van der Waals surface area contributed by atoms with Crippen molar-refractivity contribution in [1.29, 1.82) is 0 Å². The van der Waals surface area contributed by atoms with Crippen molar-refractivity contribution < 1.29 is 40.6 Å². The summed E-state index contributed by atoms with van der Waals surface area (Å²) in [7, 11) is 1.28. The van der Waals surface area contributed by atoms with Crippen LogP contribution in [0.2, 0.25) is 0 Å². The summed E-state index contributed by atoms with van der Waals surface area (Å²) in [6.07, 6.45) is -4.38. The molecule has 3 rings (SSSR count). The maximum atomic E-state index is 13.8. The highest BCUT2D eigenvalue weighted by molar-refractivity contribution is 5.75. The van der Waals surface area contributed by atoms with E-state index in [9.17, 15) is 40.6 Å². The molecule has 4 nitrogen and oxygen atoms in total. The molecular weight excluding hydrogens is 481 g/mol. The highest BCUT2D eigenvalue weighted by Crippen LogP contribution is 2.37. The zero-order chi connectivity index (χ0) is 26.1. The van der Waals surface area contributed by atoms with Crippen molar-refractivity contribution in [3.8, 4) is 0 Å². The van der Waals surface area contributed by atoms with Gasteiger partial charge < -0.3 is 14.9 Å². The summed E-state index contributed by atoms with van der Waals surface area (Å²) in [6, 6.07) is 0.0143. The summed E-state index contributed by atoms with van der Waals surface area (Å²) in [5.74, 6) is -0.921. The predicted octanol–water partition coefficient (Wildman–Crippen LogP) is 6.09. The molecule has 0 aromatic heterocycles. The number of rotatable bonds is 3. The Labute approximate surface area is 198 Å². The third-order valence-corrected chi connectivity index (χ3v) is 6.00. The molecule has 1 aromatic rings. The first kappa shape index (κ1) is 26.8. The highest BCUT2D eigenvalue weighted by Gasteiger charge is 2.38. The average molecular weight is 506 g/mol. The summed E-state index contributed by atoms with van der Waals surface area (Å²) in [6.45, 7) is 1.31. The van der Waals surface area contributed by atoms with E-state index >= 15 is 0 Å². The summed E-state index contributed by atoms with van der Waals surface area (Å²) < 4.78 is 92.9. The van der Waals surface area contributed by atoms with Gasteiger partial charge in [-0.25, -0.2) is 9.18 Å². The minimum atomic E-state index is -4.99. The number of benzene rings is 1. The maximum Gasteiger partial charge on any atom is 0.416 e. The monoisotopic (exact) mass is 506 g/mol. The lowest BCUT2D eigenvalue weighted by molar-refractivity contribution is -0.143. The van der Waals surface area contributed by atoms with Crippen molar-refractivity contribution >= 4 is 6.03 Å². The molecule has 3 atom stereocenters. The number of allylic oxidation sites excluding steroid dienone is 4. The third kappa shape index (κ3) is 6.65. The van der Waals surface area contributed by atoms with Gasteiger partial charge in [0.05, 0.1) is 17.2 Å². The van der Waals surface area contributed by atoms with Crippen LogP contribution in [-0.2, 0) is 18.9 Å². The number of carbonyl (C=O) groups excluding carboxylic acids is 1. The Balaban J connectivity index is 1.87. The lowest BCUT2D eigenvalue weighted by Gasteiger charge is -2.42. The molecule has 0 spiro atoms. The van der Waals surface area contributed by atoms with Crippen LogP contribution in [0.5, 0.6) is 0 Å². The number of hydrogen-bond acceptors (Lipinski definition) is 2. The normalized spacial score (nSPS) is 23.5. The lowest BCUT2D eigenvalue weighted by Crippen LogP contribution is -2.53. The van der Waals surface area contributed by atoms with Crippen molar-refractivity contribution in [3.63, 3.8) is 0 Å². The van der Waals surface area contributed by atoms with Gasteiger partial charge >= 0.3 is 18.4 Å². The quantitative estimate of drug-likeness (QED) is 0.505. The standard InChI is InChI=1S/C24H25F7N2O2/c1-14-7-16(3-4-19(25)8-14)21-12-20(34)5-6-33(21)22(35)32(2)13-15-9-17(23(26,27)28)11-18(10-15)24(29,30)31/h3-4,7-11,16,20-21,34H,5-6,12-13H2,1-2H3/t16?,20-,21+/m0/s1. The van der Waals surface area contributed by atoms with Crippen LogP contribution < -0.4 is 0 Å². The van der Waals surface area contributed by atoms with Gasteiger partial charge in [0.2, 0.25) is 0 Å². The number of aliphatic hydroxyl groups is 1.